The van der Waals surface area contributed by atoms with Crippen LogP contribution >= 0.6 is 0 Å². The average molecular weight is 503 g/mol. The summed E-state index contributed by atoms with van der Waals surface area (Å²) in [5.74, 6) is -0.292. The van der Waals surface area contributed by atoms with Gasteiger partial charge in [0.05, 0.1) is 24.3 Å². The molecule has 0 saturated carbocycles. The highest BCUT2D eigenvalue weighted by molar-refractivity contribution is 5.93. The molecule has 1 aliphatic heterocycles. The summed E-state index contributed by atoms with van der Waals surface area (Å²) in [5.41, 5.74) is 8.18. The van der Waals surface area contributed by atoms with Crippen molar-refractivity contribution in [3.05, 3.63) is 143 Å². The molecule has 0 spiro atoms. The molecular weight excluding hydrogens is 468 g/mol. The van der Waals surface area contributed by atoms with Crippen LogP contribution < -0.4 is 10.2 Å². The van der Waals surface area contributed by atoms with E-state index in [4.69, 9.17) is 4.74 Å². The van der Waals surface area contributed by atoms with Gasteiger partial charge < -0.3 is 15.0 Å². The number of ether oxygens (including phenoxy) is 1. The zero-order valence-electron chi connectivity index (χ0n) is 22.2. The first kappa shape index (κ1) is 25.3. The number of esters is 1. The molecule has 1 N–H and O–H groups in total. The summed E-state index contributed by atoms with van der Waals surface area (Å²) in [4.78, 5) is 16.2. The molecule has 5 rings (SSSR count). The van der Waals surface area contributed by atoms with E-state index in [1.54, 1.807) is 0 Å². The molecular formula is C34H34N2O2. The van der Waals surface area contributed by atoms with E-state index in [0.29, 0.717) is 18.6 Å². The first-order valence-electron chi connectivity index (χ1n) is 13.2. The van der Waals surface area contributed by atoms with E-state index in [1.165, 1.54) is 16.7 Å². The second-order valence-electron chi connectivity index (χ2n) is 9.79. The number of hydrogen-bond donors (Lipinski definition) is 1. The summed E-state index contributed by atoms with van der Waals surface area (Å²) in [5, 5.41) is 3.62. The molecule has 0 saturated heterocycles. The number of nitrogens with zero attached hydrogens (tertiary/aromatic N) is 1. The minimum atomic E-state index is -0.344. The van der Waals surface area contributed by atoms with Gasteiger partial charge in [-0.25, -0.2) is 4.79 Å². The van der Waals surface area contributed by atoms with Gasteiger partial charge in [-0.05, 0) is 56.2 Å². The smallest absolute Gasteiger partial charge is 0.338 e. The van der Waals surface area contributed by atoms with Gasteiger partial charge in [-0.3, -0.25) is 0 Å². The Bertz CT molecular complexity index is 1390. The molecule has 0 aromatic heterocycles. The van der Waals surface area contributed by atoms with Crippen LogP contribution in [-0.2, 0) is 9.53 Å². The summed E-state index contributed by atoms with van der Waals surface area (Å²) < 4.78 is 5.70. The molecule has 4 heteroatoms. The molecule has 1 aliphatic rings. The Hall–Kier alpha value is -4.31. The Morgan fingerprint density at radius 1 is 0.789 bits per heavy atom. The maximum atomic E-state index is 13.8. The van der Waals surface area contributed by atoms with Gasteiger partial charge in [0, 0.05) is 23.5 Å². The van der Waals surface area contributed by atoms with Gasteiger partial charge in [-0.1, -0.05) is 96.1 Å². The lowest BCUT2D eigenvalue weighted by Gasteiger charge is -2.46. The van der Waals surface area contributed by atoms with Crippen LogP contribution in [0.5, 0.6) is 0 Å². The van der Waals surface area contributed by atoms with E-state index in [2.05, 4.69) is 96.9 Å². The standard InChI is InChI=1S/C34H34N2O2/c1-4-38-34(37)32-30(35-28-11-7-5-8-12-28)23-31(26-19-15-24(2)16-20-26)36(29-13-9-6-10-14-29)33(32)27-21-17-25(3)18-22-27/h5-22,31,33,35H,4,23H2,1-3H3/t31-,33+/m0/s1. The number of hydrogen-bond acceptors (Lipinski definition) is 4. The van der Waals surface area contributed by atoms with Crippen molar-refractivity contribution < 1.29 is 9.53 Å². The topological polar surface area (TPSA) is 41.6 Å². The van der Waals surface area contributed by atoms with Crippen LogP contribution in [0.3, 0.4) is 0 Å². The van der Waals surface area contributed by atoms with Crippen LogP contribution in [0.1, 0.15) is 47.7 Å². The van der Waals surface area contributed by atoms with E-state index >= 15 is 0 Å². The van der Waals surface area contributed by atoms with Crippen molar-refractivity contribution in [2.24, 2.45) is 0 Å². The maximum absolute atomic E-state index is 13.8. The van der Waals surface area contributed by atoms with E-state index in [-0.39, 0.29) is 18.1 Å². The summed E-state index contributed by atoms with van der Waals surface area (Å²) in [7, 11) is 0. The average Bonchev–Trinajstić information content (AvgIpc) is 2.94. The number of para-hydroxylation sites is 2. The Morgan fingerprint density at radius 2 is 1.34 bits per heavy atom. The van der Waals surface area contributed by atoms with E-state index < -0.39 is 0 Å². The van der Waals surface area contributed by atoms with Crippen LogP contribution in [0.4, 0.5) is 11.4 Å². The van der Waals surface area contributed by atoms with Gasteiger partial charge in [-0.2, -0.15) is 0 Å². The monoisotopic (exact) mass is 502 g/mol. The summed E-state index contributed by atoms with van der Waals surface area (Å²) in [6.45, 7) is 6.36. The molecule has 0 bridgehead atoms. The zero-order valence-corrected chi connectivity index (χ0v) is 22.2. The number of anilines is 2. The van der Waals surface area contributed by atoms with Crippen LogP contribution in [0, 0.1) is 13.8 Å². The third-order valence-corrected chi connectivity index (χ3v) is 7.08. The van der Waals surface area contributed by atoms with Gasteiger partial charge in [0.1, 0.15) is 0 Å². The minimum absolute atomic E-state index is 0.00584. The Balaban J connectivity index is 1.77. The highest BCUT2D eigenvalue weighted by atomic mass is 16.5. The number of benzene rings is 4. The molecule has 2 atom stereocenters. The second-order valence-corrected chi connectivity index (χ2v) is 9.79. The molecule has 4 aromatic carbocycles. The second kappa shape index (κ2) is 11.4. The van der Waals surface area contributed by atoms with Crippen molar-refractivity contribution >= 4 is 17.3 Å². The fourth-order valence-corrected chi connectivity index (χ4v) is 5.22. The predicted octanol–water partition coefficient (Wildman–Crippen LogP) is 7.93. The van der Waals surface area contributed by atoms with Crippen LogP contribution in [0.2, 0.25) is 0 Å². The summed E-state index contributed by atoms with van der Waals surface area (Å²) in [6.07, 6.45) is 0.628. The van der Waals surface area contributed by atoms with Crippen molar-refractivity contribution in [1.29, 1.82) is 0 Å². The summed E-state index contributed by atoms with van der Waals surface area (Å²) in [6, 6.07) is 37.3. The normalized spacial score (nSPS) is 17.3. The fraction of sp³-hybridized carbons (Fsp3) is 0.206. The number of carbonyl (C=O) groups excluding carboxylic acids is 1. The molecule has 192 valence electrons. The molecule has 0 radical (unpaired) electrons. The van der Waals surface area contributed by atoms with Gasteiger partial charge in [0.25, 0.3) is 0 Å². The fourth-order valence-electron chi connectivity index (χ4n) is 5.22. The molecule has 0 aliphatic carbocycles. The van der Waals surface area contributed by atoms with Crippen molar-refractivity contribution in [3.8, 4) is 0 Å². The van der Waals surface area contributed by atoms with Crippen LogP contribution in [-0.4, -0.2) is 12.6 Å². The number of carbonyl (C=O) groups is 1. The van der Waals surface area contributed by atoms with E-state index in [9.17, 15) is 4.79 Å². The van der Waals surface area contributed by atoms with Gasteiger partial charge in [-0.15, -0.1) is 0 Å². The van der Waals surface area contributed by atoms with E-state index in [1.807, 2.05) is 43.3 Å². The molecule has 0 unspecified atom stereocenters. The first-order valence-corrected chi connectivity index (χ1v) is 13.2. The highest BCUT2D eigenvalue weighted by Crippen LogP contribution is 2.48. The van der Waals surface area contributed by atoms with Crippen molar-refractivity contribution in [1.82, 2.24) is 0 Å². The Morgan fingerprint density at radius 3 is 1.92 bits per heavy atom. The molecule has 38 heavy (non-hydrogen) atoms. The number of nitrogens with one attached hydrogen (secondary N) is 1. The lowest BCUT2D eigenvalue weighted by atomic mass is 9.83. The predicted molar refractivity (Wildman–Crippen MR) is 155 cm³/mol. The summed E-state index contributed by atoms with van der Waals surface area (Å²) >= 11 is 0. The SMILES string of the molecule is CCOC(=O)C1=C(Nc2ccccc2)C[C@@H](c2ccc(C)cc2)N(c2ccccc2)[C@@H]1c1ccc(C)cc1. The van der Waals surface area contributed by atoms with Crippen LogP contribution in [0.25, 0.3) is 0 Å². The van der Waals surface area contributed by atoms with Gasteiger partial charge in [0.2, 0.25) is 0 Å². The third kappa shape index (κ3) is 5.35. The highest BCUT2D eigenvalue weighted by Gasteiger charge is 2.41. The van der Waals surface area contributed by atoms with Gasteiger partial charge in [0.15, 0.2) is 0 Å². The Kier molecular flexibility index (Phi) is 7.60. The maximum Gasteiger partial charge on any atom is 0.338 e. The van der Waals surface area contributed by atoms with Crippen molar-refractivity contribution in [3.63, 3.8) is 0 Å². The quantitative estimate of drug-likeness (QED) is 0.261. The molecule has 0 fully saturated rings. The third-order valence-electron chi connectivity index (χ3n) is 7.08. The zero-order chi connectivity index (χ0) is 26.5. The van der Waals surface area contributed by atoms with Crippen molar-refractivity contribution in [2.45, 2.75) is 39.3 Å². The minimum Gasteiger partial charge on any atom is -0.463 e. The first-order chi connectivity index (χ1) is 18.5. The lowest BCUT2D eigenvalue weighted by molar-refractivity contribution is -0.139. The molecule has 4 nitrogen and oxygen atoms in total. The Labute approximate surface area is 225 Å². The molecule has 0 amide bonds. The van der Waals surface area contributed by atoms with Crippen LogP contribution in [0.15, 0.2) is 120 Å². The largest absolute Gasteiger partial charge is 0.463 e. The van der Waals surface area contributed by atoms with E-state index in [0.717, 1.165) is 22.6 Å². The number of rotatable bonds is 7. The molecule has 1 heterocycles. The lowest BCUT2D eigenvalue weighted by Crippen LogP contribution is -2.41. The number of aryl methyl sites for hydroxylation is 2. The van der Waals surface area contributed by atoms with Crippen molar-refractivity contribution in [2.75, 3.05) is 16.8 Å². The molecule has 4 aromatic rings. The van der Waals surface area contributed by atoms with Gasteiger partial charge >= 0.3 is 5.97 Å².